The van der Waals surface area contributed by atoms with Crippen molar-refractivity contribution < 1.29 is 23.5 Å². The predicted octanol–water partition coefficient (Wildman–Crippen LogP) is 3.15. The second-order valence-corrected chi connectivity index (χ2v) is 9.61. The smallest absolute Gasteiger partial charge is 0.311 e. The Bertz CT molecular complexity index is 930. The molecule has 1 aliphatic rings. The summed E-state index contributed by atoms with van der Waals surface area (Å²) in [5.41, 5.74) is 1.19. The summed E-state index contributed by atoms with van der Waals surface area (Å²) in [4.78, 5) is 30.2. The molecule has 2 heterocycles. The Kier molecular flexibility index (Phi) is 9.73. The Labute approximate surface area is 199 Å². The van der Waals surface area contributed by atoms with E-state index in [1.807, 2.05) is 0 Å². The van der Waals surface area contributed by atoms with Crippen molar-refractivity contribution in [3.05, 3.63) is 45.7 Å². The van der Waals surface area contributed by atoms with Crippen molar-refractivity contribution in [3.8, 4) is 0 Å². The highest BCUT2D eigenvalue weighted by Crippen LogP contribution is 2.23. The number of hydrogen-bond acceptors (Lipinski definition) is 8. The monoisotopic (exact) mass is 501 g/mol. The van der Waals surface area contributed by atoms with Gasteiger partial charge in [0.05, 0.1) is 42.2 Å². The van der Waals surface area contributed by atoms with E-state index in [0.29, 0.717) is 50.7 Å². The number of thiazole rings is 1. The summed E-state index contributed by atoms with van der Waals surface area (Å²) < 4.78 is 25.5. The van der Waals surface area contributed by atoms with Gasteiger partial charge in [-0.2, -0.15) is 0 Å². The average molecular weight is 502 g/mol. The standard InChI is InChI=1S/C21H25ClFN3O4S2/c1-2-29-19(28)8-15-12-31-21(25-15)32-13-18(27)24-9-16-11-26(6-7-30-16)10-14-4-3-5-17(22)20(14)23/h3-5,12,16H,2,6-11,13H2,1H3,(H,24,27). The van der Waals surface area contributed by atoms with Crippen LogP contribution in [0.1, 0.15) is 18.2 Å². The molecule has 1 aromatic heterocycles. The third-order valence-corrected chi connectivity index (χ3v) is 7.03. The molecule has 1 fully saturated rings. The molecule has 0 bridgehead atoms. The molecule has 0 radical (unpaired) electrons. The lowest BCUT2D eigenvalue weighted by atomic mass is 10.1. The zero-order valence-electron chi connectivity index (χ0n) is 17.6. The summed E-state index contributed by atoms with van der Waals surface area (Å²) in [5.74, 6) is -0.614. The van der Waals surface area contributed by atoms with Crippen LogP contribution in [0.4, 0.5) is 4.39 Å². The van der Waals surface area contributed by atoms with Crippen LogP contribution >= 0.6 is 34.7 Å². The fraction of sp³-hybridized carbons (Fsp3) is 0.476. The third kappa shape index (κ3) is 7.70. The third-order valence-electron chi connectivity index (χ3n) is 4.66. The number of carbonyl (C=O) groups excluding carboxylic acids is 2. The number of benzene rings is 1. The van der Waals surface area contributed by atoms with Gasteiger partial charge in [-0.15, -0.1) is 11.3 Å². The number of aromatic nitrogens is 1. The van der Waals surface area contributed by atoms with Gasteiger partial charge in [0, 0.05) is 37.1 Å². The van der Waals surface area contributed by atoms with Gasteiger partial charge in [0.15, 0.2) is 4.34 Å². The van der Waals surface area contributed by atoms with E-state index in [2.05, 4.69) is 15.2 Å². The van der Waals surface area contributed by atoms with Crippen LogP contribution in [0.25, 0.3) is 0 Å². The molecule has 0 saturated carbocycles. The summed E-state index contributed by atoms with van der Waals surface area (Å²) >= 11 is 8.58. The number of rotatable bonds is 10. The van der Waals surface area contributed by atoms with Crippen LogP contribution in [0.15, 0.2) is 27.9 Å². The largest absolute Gasteiger partial charge is 0.466 e. The van der Waals surface area contributed by atoms with Gasteiger partial charge < -0.3 is 14.8 Å². The van der Waals surface area contributed by atoms with Crippen LogP contribution < -0.4 is 5.32 Å². The normalized spacial score (nSPS) is 16.7. The maximum absolute atomic E-state index is 14.2. The van der Waals surface area contributed by atoms with Gasteiger partial charge in [-0.3, -0.25) is 14.5 Å². The number of esters is 1. The first kappa shape index (κ1) is 24.9. The van der Waals surface area contributed by atoms with Gasteiger partial charge in [-0.25, -0.2) is 9.37 Å². The molecule has 1 atom stereocenters. The van der Waals surface area contributed by atoms with Gasteiger partial charge in [-0.05, 0) is 13.0 Å². The molecule has 1 N–H and O–H groups in total. The number of ether oxygens (including phenoxy) is 2. The molecule has 0 aliphatic carbocycles. The topological polar surface area (TPSA) is 80.8 Å². The number of hydrogen-bond donors (Lipinski definition) is 1. The highest BCUT2D eigenvalue weighted by atomic mass is 35.5. The number of nitrogens with zero attached hydrogens (tertiary/aromatic N) is 2. The number of amides is 1. The van der Waals surface area contributed by atoms with Crippen molar-refractivity contribution >= 4 is 46.6 Å². The number of carbonyl (C=O) groups is 2. The van der Waals surface area contributed by atoms with E-state index in [1.165, 1.54) is 29.2 Å². The highest BCUT2D eigenvalue weighted by Gasteiger charge is 2.22. The molecule has 32 heavy (non-hydrogen) atoms. The lowest BCUT2D eigenvalue weighted by molar-refractivity contribution is -0.142. The molecule has 1 aromatic carbocycles. The van der Waals surface area contributed by atoms with E-state index in [1.54, 1.807) is 24.4 Å². The molecule has 1 unspecified atom stereocenters. The Hall–Kier alpha value is -1.72. The van der Waals surface area contributed by atoms with Crippen LogP contribution in [0, 0.1) is 5.82 Å². The summed E-state index contributed by atoms with van der Waals surface area (Å²) in [7, 11) is 0. The van der Waals surface area contributed by atoms with E-state index < -0.39 is 5.82 Å². The molecular weight excluding hydrogens is 477 g/mol. The van der Waals surface area contributed by atoms with Crippen molar-refractivity contribution in [1.82, 2.24) is 15.2 Å². The summed E-state index contributed by atoms with van der Waals surface area (Å²) in [6.45, 7) is 4.69. The first-order chi connectivity index (χ1) is 15.4. The minimum absolute atomic E-state index is 0.116. The Morgan fingerprint density at radius 1 is 1.47 bits per heavy atom. The molecule has 2 aromatic rings. The number of halogens is 2. The van der Waals surface area contributed by atoms with E-state index >= 15 is 0 Å². The van der Waals surface area contributed by atoms with Crippen molar-refractivity contribution in [3.63, 3.8) is 0 Å². The molecular formula is C21H25ClFN3O4S2. The molecule has 3 rings (SSSR count). The van der Waals surface area contributed by atoms with Crippen molar-refractivity contribution in [1.29, 1.82) is 0 Å². The SMILES string of the molecule is CCOC(=O)Cc1csc(SCC(=O)NCC2CN(Cc3cccc(Cl)c3F)CCO2)n1. The van der Waals surface area contributed by atoms with Gasteiger partial charge in [-0.1, -0.05) is 35.5 Å². The minimum atomic E-state index is -0.393. The van der Waals surface area contributed by atoms with E-state index in [-0.39, 0.29) is 35.2 Å². The van der Waals surface area contributed by atoms with Crippen molar-refractivity contribution in [2.45, 2.75) is 30.3 Å². The van der Waals surface area contributed by atoms with E-state index in [4.69, 9.17) is 21.1 Å². The second-order valence-electron chi connectivity index (χ2n) is 7.12. The maximum Gasteiger partial charge on any atom is 0.311 e. The van der Waals surface area contributed by atoms with Gasteiger partial charge in [0.2, 0.25) is 5.91 Å². The molecule has 1 saturated heterocycles. The molecule has 1 amide bonds. The summed E-state index contributed by atoms with van der Waals surface area (Å²) in [5, 5.41) is 4.79. The Balaban J connectivity index is 1.38. The number of nitrogens with one attached hydrogen (secondary N) is 1. The first-order valence-corrected chi connectivity index (χ1v) is 12.4. The van der Waals surface area contributed by atoms with Crippen LogP contribution in [-0.2, 0) is 32.0 Å². The molecule has 1 aliphatic heterocycles. The van der Waals surface area contributed by atoms with Crippen LogP contribution in [-0.4, -0.2) is 66.5 Å². The van der Waals surface area contributed by atoms with Gasteiger partial charge in [0.25, 0.3) is 0 Å². The Morgan fingerprint density at radius 2 is 2.31 bits per heavy atom. The van der Waals surface area contributed by atoms with Crippen LogP contribution in [0.2, 0.25) is 5.02 Å². The predicted molar refractivity (Wildman–Crippen MR) is 123 cm³/mol. The Morgan fingerprint density at radius 3 is 3.12 bits per heavy atom. The maximum atomic E-state index is 14.2. The molecule has 7 nitrogen and oxygen atoms in total. The zero-order valence-corrected chi connectivity index (χ0v) is 20.0. The van der Waals surface area contributed by atoms with Crippen molar-refractivity contribution in [2.24, 2.45) is 0 Å². The molecule has 0 spiro atoms. The second kappa shape index (κ2) is 12.5. The quantitative estimate of drug-likeness (QED) is 0.395. The van der Waals surface area contributed by atoms with Crippen molar-refractivity contribution in [2.75, 3.05) is 38.6 Å². The highest BCUT2D eigenvalue weighted by molar-refractivity contribution is 8.01. The summed E-state index contributed by atoms with van der Waals surface area (Å²) in [6.07, 6.45) is -0.0397. The lowest BCUT2D eigenvalue weighted by Crippen LogP contribution is -2.47. The van der Waals surface area contributed by atoms with Crippen LogP contribution in [0.3, 0.4) is 0 Å². The van der Waals surface area contributed by atoms with Gasteiger partial charge in [0.1, 0.15) is 5.82 Å². The minimum Gasteiger partial charge on any atom is -0.466 e. The number of morpholine rings is 1. The number of thioether (sulfide) groups is 1. The first-order valence-electron chi connectivity index (χ1n) is 10.2. The molecule has 174 valence electrons. The fourth-order valence-corrected chi connectivity index (χ4v) is 5.03. The van der Waals surface area contributed by atoms with Crippen LogP contribution in [0.5, 0.6) is 0 Å². The molecule has 11 heteroatoms. The average Bonchev–Trinajstić information content (AvgIpc) is 3.21. The summed E-state index contributed by atoms with van der Waals surface area (Å²) in [6, 6.07) is 4.99. The fourth-order valence-electron chi connectivity index (χ4n) is 3.16. The van der Waals surface area contributed by atoms with E-state index in [0.717, 1.165) is 4.34 Å². The van der Waals surface area contributed by atoms with E-state index in [9.17, 15) is 14.0 Å². The lowest BCUT2D eigenvalue weighted by Gasteiger charge is -2.33. The zero-order chi connectivity index (χ0) is 22.9. The van der Waals surface area contributed by atoms with Gasteiger partial charge >= 0.3 is 5.97 Å².